The molecule has 0 aliphatic rings. The molecule has 1 amide bonds. The topological polar surface area (TPSA) is 64.6 Å². The van der Waals surface area contributed by atoms with Gasteiger partial charge in [-0.2, -0.15) is 0 Å². The lowest BCUT2D eigenvalue weighted by atomic mass is 10.1. The maximum Gasteiger partial charge on any atom is 0.243 e. The molecule has 1 atom stereocenters. The third-order valence-electron chi connectivity index (χ3n) is 3.67. The number of carbonyl (C=O) groups is 2. The predicted octanol–water partition coefficient (Wildman–Crippen LogP) is 3.63. The Hall–Kier alpha value is -2.30. The van der Waals surface area contributed by atoms with Gasteiger partial charge in [-0.15, -0.1) is 0 Å². The van der Waals surface area contributed by atoms with Crippen molar-refractivity contribution in [1.29, 1.82) is 0 Å². The monoisotopic (exact) mass is 349 g/mol. The Bertz CT molecular complexity index is 570. The minimum absolute atomic E-state index is 0. The van der Waals surface area contributed by atoms with E-state index in [-0.39, 0.29) is 25.6 Å². The Morgan fingerprint density at radius 2 is 1.72 bits per heavy atom. The molecule has 0 spiro atoms. The second kappa shape index (κ2) is 11.3. The minimum atomic E-state index is -0.118. The van der Waals surface area contributed by atoms with Crippen molar-refractivity contribution in [3.05, 3.63) is 36.4 Å². The highest BCUT2D eigenvalue weighted by Crippen LogP contribution is 2.17. The van der Waals surface area contributed by atoms with Gasteiger partial charge in [-0.1, -0.05) is 33.8 Å². The van der Waals surface area contributed by atoms with E-state index in [4.69, 9.17) is 9.47 Å². The number of nitrogens with one attached hydrogen (secondary N) is 1. The Morgan fingerprint density at radius 1 is 1.12 bits per heavy atom. The molecule has 0 fully saturated rings. The standard InChI is InChI=1S/C20H29NO4.H2/c1-5-16(4)19(22)14-25-18-9-7-17(8-10-18)24-13-12-21-20(23)11-6-15(2)3;/h6-11,15-16H,5,12-14H2,1-4H3,(H,21,23);1H/b11-6+;. The molecule has 0 heterocycles. The predicted molar refractivity (Wildman–Crippen MR) is 101 cm³/mol. The number of hydrogen-bond acceptors (Lipinski definition) is 4. The largest absolute Gasteiger partial charge is 0.492 e. The number of carbonyl (C=O) groups excluding carboxylic acids is 2. The zero-order chi connectivity index (χ0) is 18.7. The van der Waals surface area contributed by atoms with Crippen molar-refractivity contribution < 1.29 is 20.5 Å². The lowest BCUT2D eigenvalue weighted by molar-refractivity contribution is -0.124. The number of amides is 1. The first-order valence-electron chi connectivity index (χ1n) is 8.76. The maximum atomic E-state index is 11.7. The quantitative estimate of drug-likeness (QED) is 0.489. The van der Waals surface area contributed by atoms with Crippen LogP contribution in [0.15, 0.2) is 36.4 Å². The van der Waals surface area contributed by atoms with Gasteiger partial charge < -0.3 is 14.8 Å². The van der Waals surface area contributed by atoms with Crippen LogP contribution in [0.5, 0.6) is 11.5 Å². The van der Waals surface area contributed by atoms with Gasteiger partial charge in [-0.05, 0) is 42.7 Å². The van der Waals surface area contributed by atoms with E-state index in [1.54, 1.807) is 24.3 Å². The smallest absolute Gasteiger partial charge is 0.243 e. The Labute approximate surface area is 151 Å². The van der Waals surface area contributed by atoms with Crippen LogP contribution in [-0.2, 0) is 9.59 Å². The summed E-state index contributed by atoms with van der Waals surface area (Å²) in [6, 6.07) is 7.10. The van der Waals surface area contributed by atoms with Crippen molar-refractivity contribution in [2.75, 3.05) is 19.8 Å². The van der Waals surface area contributed by atoms with Crippen molar-refractivity contribution in [1.82, 2.24) is 5.32 Å². The van der Waals surface area contributed by atoms with Crippen LogP contribution in [0.4, 0.5) is 0 Å². The third-order valence-corrected chi connectivity index (χ3v) is 3.67. The molecule has 0 saturated carbocycles. The van der Waals surface area contributed by atoms with E-state index in [0.29, 0.717) is 30.6 Å². The van der Waals surface area contributed by atoms with E-state index in [9.17, 15) is 9.59 Å². The average molecular weight is 349 g/mol. The zero-order valence-corrected chi connectivity index (χ0v) is 15.6. The van der Waals surface area contributed by atoms with E-state index in [0.717, 1.165) is 6.42 Å². The Morgan fingerprint density at radius 3 is 2.28 bits per heavy atom. The van der Waals surface area contributed by atoms with Gasteiger partial charge in [0.25, 0.3) is 0 Å². The maximum absolute atomic E-state index is 11.7. The van der Waals surface area contributed by atoms with Gasteiger partial charge in [0.15, 0.2) is 5.78 Å². The first-order chi connectivity index (χ1) is 11.9. The summed E-state index contributed by atoms with van der Waals surface area (Å²) >= 11 is 0. The van der Waals surface area contributed by atoms with E-state index in [1.165, 1.54) is 6.08 Å². The molecule has 1 unspecified atom stereocenters. The molecule has 0 aliphatic carbocycles. The van der Waals surface area contributed by atoms with Crippen LogP contribution < -0.4 is 14.8 Å². The second-order valence-corrected chi connectivity index (χ2v) is 6.28. The van der Waals surface area contributed by atoms with Crippen molar-refractivity contribution >= 4 is 11.7 Å². The van der Waals surface area contributed by atoms with E-state index in [1.807, 2.05) is 33.8 Å². The second-order valence-electron chi connectivity index (χ2n) is 6.28. The first kappa shape index (κ1) is 20.7. The van der Waals surface area contributed by atoms with Crippen LogP contribution in [0.3, 0.4) is 0 Å². The number of Topliss-reactive ketones (excluding diaryl/α,β-unsaturated/α-hetero) is 1. The first-order valence-corrected chi connectivity index (χ1v) is 8.76. The van der Waals surface area contributed by atoms with Gasteiger partial charge in [0.1, 0.15) is 24.7 Å². The summed E-state index contributed by atoms with van der Waals surface area (Å²) in [7, 11) is 0. The molecule has 1 N–H and O–H groups in total. The molecule has 0 saturated heterocycles. The van der Waals surface area contributed by atoms with Gasteiger partial charge in [0.05, 0.1) is 6.54 Å². The fourth-order valence-electron chi connectivity index (χ4n) is 1.84. The minimum Gasteiger partial charge on any atom is -0.492 e. The molecule has 1 aromatic carbocycles. The molecular weight excluding hydrogens is 318 g/mol. The lowest BCUT2D eigenvalue weighted by Crippen LogP contribution is -2.26. The molecule has 0 radical (unpaired) electrons. The van der Waals surface area contributed by atoms with Crippen LogP contribution in [0.25, 0.3) is 0 Å². The van der Waals surface area contributed by atoms with Crippen LogP contribution in [0.2, 0.25) is 0 Å². The molecular formula is C20H31NO4. The molecule has 1 aromatic rings. The number of allylic oxidation sites excluding steroid dienone is 1. The number of rotatable bonds is 11. The Balaban J connectivity index is 0.00000625. The Kier molecular flexibility index (Phi) is 9.37. The number of ether oxygens (including phenoxy) is 2. The molecule has 25 heavy (non-hydrogen) atoms. The third kappa shape index (κ3) is 8.94. The summed E-state index contributed by atoms with van der Waals surface area (Å²) in [5.41, 5.74) is 0. The summed E-state index contributed by atoms with van der Waals surface area (Å²) < 4.78 is 11.0. The molecule has 0 aliphatic heterocycles. The van der Waals surface area contributed by atoms with E-state index >= 15 is 0 Å². The van der Waals surface area contributed by atoms with E-state index < -0.39 is 0 Å². The lowest BCUT2D eigenvalue weighted by Gasteiger charge is -2.10. The van der Waals surface area contributed by atoms with Crippen LogP contribution >= 0.6 is 0 Å². The van der Waals surface area contributed by atoms with Gasteiger partial charge in [0.2, 0.25) is 5.91 Å². The van der Waals surface area contributed by atoms with Gasteiger partial charge in [-0.3, -0.25) is 9.59 Å². The van der Waals surface area contributed by atoms with E-state index in [2.05, 4.69) is 5.32 Å². The molecule has 140 valence electrons. The molecule has 5 nitrogen and oxygen atoms in total. The number of ketones is 1. The van der Waals surface area contributed by atoms with Gasteiger partial charge >= 0.3 is 0 Å². The highest BCUT2D eigenvalue weighted by molar-refractivity contribution is 5.87. The molecule has 0 aromatic heterocycles. The average Bonchev–Trinajstić information content (AvgIpc) is 2.61. The van der Waals surface area contributed by atoms with Crippen LogP contribution in [0.1, 0.15) is 35.5 Å². The molecule has 5 heteroatoms. The van der Waals surface area contributed by atoms with Crippen molar-refractivity contribution in [2.24, 2.45) is 11.8 Å². The van der Waals surface area contributed by atoms with Gasteiger partial charge in [-0.25, -0.2) is 0 Å². The van der Waals surface area contributed by atoms with Crippen LogP contribution in [0, 0.1) is 11.8 Å². The fourth-order valence-corrected chi connectivity index (χ4v) is 1.84. The zero-order valence-electron chi connectivity index (χ0n) is 15.6. The van der Waals surface area contributed by atoms with Gasteiger partial charge in [0, 0.05) is 7.34 Å². The molecule has 0 bridgehead atoms. The molecule has 1 rings (SSSR count). The summed E-state index contributed by atoms with van der Waals surface area (Å²) in [6.45, 7) is 8.82. The normalized spacial score (nSPS) is 12.2. The number of hydrogen-bond donors (Lipinski definition) is 1. The van der Waals surface area contributed by atoms with Crippen LogP contribution in [-0.4, -0.2) is 31.4 Å². The summed E-state index contributed by atoms with van der Waals surface area (Å²) in [4.78, 5) is 23.2. The fraction of sp³-hybridized carbons (Fsp3) is 0.500. The highest BCUT2D eigenvalue weighted by Gasteiger charge is 2.11. The van der Waals surface area contributed by atoms with Crippen molar-refractivity contribution in [2.45, 2.75) is 34.1 Å². The SMILES string of the molecule is CCC(C)C(=O)COc1ccc(OCCNC(=O)/C=C/C(C)C)cc1.[HH]. The summed E-state index contributed by atoms with van der Waals surface area (Å²) in [5, 5.41) is 2.76. The van der Waals surface area contributed by atoms with Crippen molar-refractivity contribution in [3.8, 4) is 11.5 Å². The highest BCUT2D eigenvalue weighted by atomic mass is 16.5. The summed E-state index contributed by atoms with van der Waals surface area (Å²) in [5.74, 6) is 1.68. The summed E-state index contributed by atoms with van der Waals surface area (Å²) in [6.07, 6.45) is 4.21. The number of benzene rings is 1. The van der Waals surface area contributed by atoms with Crippen molar-refractivity contribution in [3.63, 3.8) is 0 Å².